The maximum Gasteiger partial charge on any atom is 0.263 e. The Balaban J connectivity index is 1.60. The Kier molecular flexibility index (Phi) is 4.85. The van der Waals surface area contributed by atoms with Crippen molar-refractivity contribution >= 4 is 38.4 Å². The highest BCUT2D eigenvalue weighted by Gasteiger charge is 2.09. The van der Waals surface area contributed by atoms with Crippen molar-refractivity contribution < 1.29 is 9.53 Å². The Morgan fingerprint density at radius 3 is 2.71 bits per heavy atom. The average molecular weight is 388 g/mol. The quantitative estimate of drug-likeness (QED) is 0.678. The summed E-state index contributed by atoms with van der Waals surface area (Å²) in [6.07, 6.45) is 0. The zero-order valence-electron chi connectivity index (χ0n) is 13.5. The van der Waals surface area contributed by atoms with Crippen molar-refractivity contribution in [3.05, 3.63) is 52.6 Å². The number of fused-ring (bicyclic) bond motifs is 1. The third-order valence-corrected chi connectivity index (χ3v) is 4.12. The molecular weight excluding hydrogens is 370 g/mol. The molecule has 0 aliphatic heterocycles. The van der Waals surface area contributed by atoms with Crippen LogP contribution in [0.1, 0.15) is 25.5 Å². The fraction of sp³-hybridized carbons (Fsp3) is 0.222. The minimum atomic E-state index is -0.243. The zero-order valence-corrected chi connectivity index (χ0v) is 15.1. The van der Waals surface area contributed by atoms with Gasteiger partial charge in [-0.1, -0.05) is 41.9 Å². The Morgan fingerprint density at radius 2 is 1.96 bits per heavy atom. The highest BCUT2D eigenvalue weighted by molar-refractivity contribution is 9.10. The Bertz CT molecular complexity index is 874. The van der Waals surface area contributed by atoms with Crippen LogP contribution in [0.5, 0.6) is 5.75 Å². The van der Waals surface area contributed by atoms with Gasteiger partial charge in [0, 0.05) is 16.2 Å². The van der Waals surface area contributed by atoms with Crippen LogP contribution >= 0.6 is 15.9 Å². The van der Waals surface area contributed by atoms with E-state index in [0.717, 1.165) is 20.9 Å². The molecule has 1 amide bonds. The summed E-state index contributed by atoms with van der Waals surface area (Å²) in [5, 5.41) is 11.9. The summed E-state index contributed by atoms with van der Waals surface area (Å²) >= 11 is 3.45. The zero-order chi connectivity index (χ0) is 17.1. The molecule has 0 fully saturated rings. The first-order valence-corrected chi connectivity index (χ1v) is 8.48. The molecule has 1 heterocycles. The van der Waals surface area contributed by atoms with Crippen LogP contribution in [-0.4, -0.2) is 22.7 Å². The summed E-state index contributed by atoms with van der Waals surface area (Å²) in [6.45, 7) is 4.05. The topological polar surface area (TPSA) is 67.0 Å². The van der Waals surface area contributed by atoms with Gasteiger partial charge in [-0.25, -0.2) is 0 Å². The molecule has 0 unspecified atom stereocenters. The van der Waals surface area contributed by atoms with Crippen molar-refractivity contribution in [2.24, 2.45) is 0 Å². The van der Waals surface area contributed by atoms with E-state index in [1.165, 1.54) is 0 Å². The number of ether oxygens (including phenoxy) is 1. The van der Waals surface area contributed by atoms with Crippen molar-refractivity contribution in [3.8, 4) is 5.75 Å². The molecular formula is C18H18BrN3O2. The largest absolute Gasteiger partial charge is 0.484 e. The number of hydrogen-bond donors (Lipinski definition) is 2. The highest BCUT2D eigenvalue weighted by atomic mass is 79.9. The number of hydrogen-bond acceptors (Lipinski definition) is 3. The summed E-state index contributed by atoms with van der Waals surface area (Å²) in [4.78, 5) is 12.0. The van der Waals surface area contributed by atoms with E-state index in [-0.39, 0.29) is 12.5 Å². The molecule has 0 saturated heterocycles. The van der Waals surface area contributed by atoms with Crippen LogP contribution in [0, 0.1) is 0 Å². The van der Waals surface area contributed by atoms with Gasteiger partial charge in [0.1, 0.15) is 5.75 Å². The predicted molar refractivity (Wildman–Crippen MR) is 98.4 cm³/mol. The molecule has 0 aliphatic rings. The smallest absolute Gasteiger partial charge is 0.263 e. The molecule has 5 nitrogen and oxygen atoms in total. The number of benzene rings is 2. The van der Waals surface area contributed by atoms with Crippen molar-refractivity contribution in [2.75, 3.05) is 11.9 Å². The maximum atomic E-state index is 12.0. The van der Waals surface area contributed by atoms with Gasteiger partial charge in [-0.15, -0.1) is 0 Å². The number of H-pyrrole nitrogens is 1. The minimum Gasteiger partial charge on any atom is -0.484 e. The Hall–Kier alpha value is -2.34. The van der Waals surface area contributed by atoms with Crippen LogP contribution in [0.2, 0.25) is 0 Å². The third-order valence-electron chi connectivity index (χ3n) is 3.63. The Labute approximate surface area is 148 Å². The van der Waals surface area contributed by atoms with Crippen molar-refractivity contribution in [2.45, 2.75) is 19.8 Å². The number of carbonyl (C=O) groups excluding carboxylic acids is 1. The summed E-state index contributed by atoms with van der Waals surface area (Å²) in [6, 6.07) is 13.6. The molecule has 0 aliphatic carbocycles. The van der Waals surface area contributed by atoms with Gasteiger partial charge in [0.05, 0.1) is 0 Å². The third kappa shape index (κ3) is 3.94. The van der Waals surface area contributed by atoms with Crippen molar-refractivity contribution in [3.63, 3.8) is 0 Å². The molecule has 124 valence electrons. The molecule has 6 heteroatoms. The molecule has 0 atom stereocenters. The van der Waals surface area contributed by atoms with Crippen LogP contribution in [-0.2, 0) is 4.79 Å². The van der Waals surface area contributed by atoms with E-state index in [1.807, 2.05) is 42.5 Å². The fourth-order valence-electron chi connectivity index (χ4n) is 2.31. The van der Waals surface area contributed by atoms with Crippen LogP contribution in [0.3, 0.4) is 0 Å². The number of anilines is 1. The number of aromatic nitrogens is 2. The number of nitrogens with one attached hydrogen (secondary N) is 2. The lowest BCUT2D eigenvalue weighted by Crippen LogP contribution is -2.20. The van der Waals surface area contributed by atoms with Crippen LogP contribution in [0.15, 0.2) is 46.9 Å². The fourth-order valence-corrected chi connectivity index (χ4v) is 2.69. The van der Waals surface area contributed by atoms with E-state index in [4.69, 9.17) is 4.74 Å². The molecule has 3 rings (SSSR count). The van der Waals surface area contributed by atoms with Gasteiger partial charge in [0.15, 0.2) is 12.4 Å². The number of nitrogens with zero attached hydrogens (tertiary/aromatic N) is 1. The molecule has 0 radical (unpaired) electrons. The summed E-state index contributed by atoms with van der Waals surface area (Å²) in [7, 11) is 0. The van der Waals surface area contributed by atoms with Gasteiger partial charge in [0.2, 0.25) is 0 Å². The lowest BCUT2D eigenvalue weighted by atomic mass is 10.1. The van der Waals surface area contributed by atoms with Gasteiger partial charge in [-0.3, -0.25) is 9.89 Å². The van der Waals surface area contributed by atoms with Gasteiger partial charge in [-0.05, 0) is 41.0 Å². The standard InChI is InChI=1S/C18H18BrN3O2/c1-11(2)16-9-17(22-21-16)20-18(23)10-24-15-6-4-12-7-14(19)5-3-13(12)8-15/h3-9,11H,10H2,1-2H3,(H2,20,21,22,23). The SMILES string of the molecule is CC(C)c1cc(NC(=O)COc2ccc3cc(Br)ccc3c2)n[nH]1. The number of aromatic amines is 1. The number of carbonyl (C=O) groups is 1. The van der Waals surface area contributed by atoms with E-state index in [1.54, 1.807) is 0 Å². The predicted octanol–water partition coefficient (Wildman–Crippen LogP) is 4.47. The molecule has 2 aromatic carbocycles. The number of halogens is 1. The first kappa shape index (κ1) is 16.5. The lowest BCUT2D eigenvalue weighted by Gasteiger charge is -2.07. The van der Waals surface area contributed by atoms with Crippen LogP contribution < -0.4 is 10.1 Å². The molecule has 3 aromatic rings. The average Bonchev–Trinajstić information content (AvgIpc) is 3.01. The lowest BCUT2D eigenvalue weighted by molar-refractivity contribution is -0.118. The van der Waals surface area contributed by atoms with Gasteiger partial charge < -0.3 is 10.1 Å². The second-order valence-electron chi connectivity index (χ2n) is 5.85. The maximum absolute atomic E-state index is 12.0. The molecule has 2 N–H and O–H groups in total. The van der Waals surface area contributed by atoms with E-state index < -0.39 is 0 Å². The van der Waals surface area contributed by atoms with Crippen LogP contribution in [0.4, 0.5) is 5.82 Å². The van der Waals surface area contributed by atoms with E-state index in [2.05, 4.69) is 45.3 Å². The first-order chi connectivity index (χ1) is 11.5. The second-order valence-corrected chi connectivity index (χ2v) is 6.77. The molecule has 1 aromatic heterocycles. The van der Waals surface area contributed by atoms with Gasteiger partial charge in [-0.2, -0.15) is 5.10 Å². The monoisotopic (exact) mass is 387 g/mol. The van der Waals surface area contributed by atoms with Crippen molar-refractivity contribution in [1.29, 1.82) is 0 Å². The summed E-state index contributed by atoms with van der Waals surface area (Å²) < 4.78 is 6.60. The van der Waals surface area contributed by atoms with Crippen molar-refractivity contribution in [1.82, 2.24) is 10.2 Å². The second kappa shape index (κ2) is 7.05. The first-order valence-electron chi connectivity index (χ1n) is 7.68. The van der Waals surface area contributed by atoms with E-state index in [0.29, 0.717) is 17.5 Å². The number of amides is 1. The summed E-state index contributed by atoms with van der Waals surface area (Å²) in [5.41, 5.74) is 0.979. The van der Waals surface area contributed by atoms with Gasteiger partial charge >= 0.3 is 0 Å². The van der Waals surface area contributed by atoms with Crippen LogP contribution in [0.25, 0.3) is 10.8 Å². The van der Waals surface area contributed by atoms with Gasteiger partial charge in [0.25, 0.3) is 5.91 Å². The minimum absolute atomic E-state index is 0.0636. The van der Waals surface area contributed by atoms with E-state index >= 15 is 0 Å². The molecule has 0 bridgehead atoms. The highest BCUT2D eigenvalue weighted by Crippen LogP contribution is 2.24. The number of rotatable bonds is 5. The normalized spacial score (nSPS) is 11.0. The van der Waals surface area contributed by atoms with E-state index in [9.17, 15) is 4.79 Å². The molecule has 0 spiro atoms. The molecule has 24 heavy (non-hydrogen) atoms. The summed E-state index contributed by atoms with van der Waals surface area (Å²) in [5.74, 6) is 1.25. The Morgan fingerprint density at radius 1 is 1.21 bits per heavy atom. The molecule has 0 saturated carbocycles.